The highest BCUT2D eigenvalue weighted by Gasteiger charge is 2.21. The van der Waals surface area contributed by atoms with E-state index >= 15 is 0 Å². The second-order valence-electron chi connectivity index (χ2n) is 7.29. The average molecular weight is 376 g/mol. The van der Waals surface area contributed by atoms with Crippen molar-refractivity contribution < 1.29 is 9.53 Å². The van der Waals surface area contributed by atoms with Crippen LogP contribution < -0.4 is 16.0 Å². The van der Waals surface area contributed by atoms with Gasteiger partial charge in [0.05, 0.1) is 6.61 Å². The number of aliphatic imine (C=N–C) groups is 1. The summed E-state index contributed by atoms with van der Waals surface area (Å²) < 4.78 is 5.69. The summed E-state index contributed by atoms with van der Waals surface area (Å²) in [6.45, 7) is 6.93. The molecule has 0 radical (unpaired) electrons. The van der Waals surface area contributed by atoms with E-state index in [2.05, 4.69) is 25.8 Å². The van der Waals surface area contributed by atoms with Crippen LogP contribution in [-0.4, -0.2) is 56.8 Å². The van der Waals surface area contributed by atoms with E-state index in [4.69, 9.17) is 4.74 Å². The molecule has 0 heterocycles. The van der Waals surface area contributed by atoms with Gasteiger partial charge in [0.15, 0.2) is 5.96 Å². The molecule has 7 nitrogen and oxygen atoms in total. The van der Waals surface area contributed by atoms with Crippen LogP contribution >= 0.6 is 0 Å². The van der Waals surface area contributed by atoms with Crippen LogP contribution in [0.2, 0.25) is 0 Å². The van der Waals surface area contributed by atoms with Gasteiger partial charge in [-0.3, -0.25) is 4.99 Å². The fraction of sp³-hybridized carbons (Fsp3) is 0.600. The van der Waals surface area contributed by atoms with Gasteiger partial charge in [0, 0.05) is 45.5 Å². The van der Waals surface area contributed by atoms with Gasteiger partial charge in [0.25, 0.3) is 0 Å². The summed E-state index contributed by atoms with van der Waals surface area (Å²) in [6, 6.07) is 7.69. The number of nitrogens with one attached hydrogen (secondary N) is 3. The van der Waals surface area contributed by atoms with Crippen LogP contribution in [0.4, 0.5) is 10.5 Å². The number of benzene rings is 1. The van der Waals surface area contributed by atoms with Gasteiger partial charge in [0.2, 0.25) is 0 Å². The molecule has 1 aromatic carbocycles. The number of hydrogen-bond acceptors (Lipinski definition) is 3. The van der Waals surface area contributed by atoms with E-state index in [0.717, 1.165) is 36.3 Å². The van der Waals surface area contributed by atoms with Gasteiger partial charge in [-0.25, -0.2) is 4.79 Å². The number of rotatable bonds is 9. The summed E-state index contributed by atoms with van der Waals surface area (Å²) in [7, 11) is 3.79. The van der Waals surface area contributed by atoms with Crippen molar-refractivity contribution in [2.45, 2.75) is 39.3 Å². The number of amides is 2. The Hall–Kier alpha value is -2.28. The van der Waals surface area contributed by atoms with Gasteiger partial charge in [-0.15, -0.1) is 0 Å². The molecule has 27 heavy (non-hydrogen) atoms. The number of carbonyl (C=O) groups is 1. The van der Waals surface area contributed by atoms with Crippen LogP contribution in [0.1, 0.15) is 32.3 Å². The van der Waals surface area contributed by atoms with E-state index in [9.17, 15) is 4.79 Å². The Bertz CT molecular complexity index is 611. The highest BCUT2D eigenvalue weighted by molar-refractivity contribution is 5.89. The predicted octanol–water partition coefficient (Wildman–Crippen LogP) is 2.65. The minimum Gasteiger partial charge on any atom is -0.379 e. The maximum absolute atomic E-state index is 11.7. The van der Waals surface area contributed by atoms with Gasteiger partial charge in [0.1, 0.15) is 0 Å². The lowest BCUT2D eigenvalue weighted by Crippen LogP contribution is -2.40. The summed E-state index contributed by atoms with van der Waals surface area (Å²) >= 11 is 0. The van der Waals surface area contributed by atoms with Crippen molar-refractivity contribution in [2.24, 2.45) is 10.9 Å². The van der Waals surface area contributed by atoms with Crippen LogP contribution in [-0.2, 0) is 11.3 Å². The topological polar surface area (TPSA) is 78.0 Å². The van der Waals surface area contributed by atoms with E-state index < -0.39 is 0 Å². The predicted molar refractivity (Wildman–Crippen MR) is 110 cm³/mol. The molecule has 0 atom stereocenters. The Morgan fingerprint density at radius 3 is 2.59 bits per heavy atom. The largest absolute Gasteiger partial charge is 0.379 e. The molecule has 1 aromatic rings. The Morgan fingerprint density at radius 1 is 1.30 bits per heavy atom. The summed E-state index contributed by atoms with van der Waals surface area (Å²) in [4.78, 5) is 18.1. The van der Waals surface area contributed by atoms with Crippen molar-refractivity contribution >= 4 is 17.7 Å². The third-order valence-corrected chi connectivity index (χ3v) is 4.28. The molecular weight excluding hydrogens is 342 g/mol. The van der Waals surface area contributed by atoms with Crippen molar-refractivity contribution in [1.29, 1.82) is 0 Å². The van der Waals surface area contributed by atoms with E-state index in [0.29, 0.717) is 13.2 Å². The first kappa shape index (κ1) is 21.0. The lowest BCUT2D eigenvalue weighted by molar-refractivity contribution is 0.115. The zero-order valence-electron chi connectivity index (χ0n) is 16.9. The number of urea groups is 1. The fourth-order valence-corrected chi connectivity index (χ4v) is 2.54. The summed E-state index contributed by atoms with van der Waals surface area (Å²) in [5.74, 6) is 1.63. The molecule has 1 fully saturated rings. The van der Waals surface area contributed by atoms with Gasteiger partial charge in [-0.05, 0) is 50.3 Å². The number of ether oxygens (including phenoxy) is 1. The summed E-state index contributed by atoms with van der Waals surface area (Å²) in [5.41, 5.74) is 1.88. The van der Waals surface area contributed by atoms with E-state index in [1.54, 1.807) is 7.05 Å². The van der Waals surface area contributed by atoms with Gasteiger partial charge < -0.3 is 25.6 Å². The maximum Gasteiger partial charge on any atom is 0.319 e. The lowest BCUT2D eigenvalue weighted by Gasteiger charge is -2.22. The molecule has 2 rings (SSSR count). The van der Waals surface area contributed by atoms with Crippen LogP contribution in [0.5, 0.6) is 0 Å². The quantitative estimate of drug-likeness (QED) is 0.352. The number of nitrogens with zero attached hydrogens (tertiary/aromatic N) is 2. The molecule has 0 bridgehead atoms. The van der Waals surface area contributed by atoms with Crippen LogP contribution in [0.3, 0.4) is 0 Å². The normalized spacial score (nSPS) is 14.2. The number of hydrogen-bond donors (Lipinski definition) is 3. The van der Waals surface area contributed by atoms with E-state index in [1.165, 1.54) is 12.8 Å². The monoisotopic (exact) mass is 375 g/mol. The second kappa shape index (κ2) is 10.8. The first-order valence-electron chi connectivity index (χ1n) is 9.64. The summed E-state index contributed by atoms with van der Waals surface area (Å²) in [5, 5.41) is 8.98. The molecular formula is C20H33N5O2. The zero-order valence-corrected chi connectivity index (χ0v) is 16.9. The Balaban J connectivity index is 1.72. The molecule has 0 aromatic heterocycles. The number of carbonyl (C=O) groups excluding carboxylic acids is 1. The van der Waals surface area contributed by atoms with Crippen molar-refractivity contribution in [3.8, 4) is 0 Å². The highest BCUT2D eigenvalue weighted by Crippen LogP contribution is 2.28. The minimum absolute atomic E-state index is 0.108. The molecule has 1 aliphatic carbocycles. The third kappa shape index (κ3) is 8.30. The Labute approximate surface area is 162 Å². The number of likely N-dealkylation sites (N-methyl/N-ethyl adjacent to an activating group) is 1. The Kier molecular flexibility index (Phi) is 8.39. The first-order valence-corrected chi connectivity index (χ1v) is 9.64. The van der Waals surface area contributed by atoms with Crippen molar-refractivity contribution in [3.05, 3.63) is 29.8 Å². The average Bonchev–Trinajstić information content (AvgIpc) is 3.44. The van der Waals surface area contributed by atoms with Crippen LogP contribution in [0.15, 0.2) is 29.3 Å². The fourth-order valence-electron chi connectivity index (χ4n) is 2.54. The molecule has 3 N–H and O–H groups in total. The third-order valence-electron chi connectivity index (χ3n) is 4.28. The maximum atomic E-state index is 11.7. The molecule has 2 amide bonds. The van der Waals surface area contributed by atoms with Crippen LogP contribution in [0.25, 0.3) is 0 Å². The van der Waals surface area contributed by atoms with Gasteiger partial charge in [-0.2, -0.15) is 0 Å². The van der Waals surface area contributed by atoms with Crippen molar-refractivity contribution in [3.63, 3.8) is 0 Å². The SMILES string of the molecule is CN=C(NCc1ccc(NC(=O)NC(C)C)cc1)N(C)CCOCC1CC1. The van der Waals surface area contributed by atoms with Crippen molar-refractivity contribution in [2.75, 3.05) is 39.2 Å². The molecule has 1 saturated carbocycles. The van der Waals surface area contributed by atoms with Gasteiger partial charge in [-0.1, -0.05) is 12.1 Å². The molecule has 150 valence electrons. The standard InChI is InChI=1S/C20H33N5O2/c1-15(2)23-20(26)24-18-9-7-16(8-10-18)13-22-19(21-3)25(4)11-12-27-14-17-5-6-17/h7-10,15,17H,5-6,11-14H2,1-4H3,(H,21,22)(H2,23,24,26). The van der Waals surface area contributed by atoms with E-state index in [-0.39, 0.29) is 12.1 Å². The molecule has 0 spiro atoms. The van der Waals surface area contributed by atoms with Crippen LogP contribution in [0, 0.1) is 5.92 Å². The Morgan fingerprint density at radius 2 is 2.00 bits per heavy atom. The zero-order chi connectivity index (χ0) is 19.6. The molecule has 0 unspecified atom stereocenters. The highest BCUT2D eigenvalue weighted by atomic mass is 16.5. The second-order valence-corrected chi connectivity index (χ2v) is 7.29. The molecule has 1 aliphatic rings. The van der Waals surface area contributed by atoms with Gasteiger partial charge >= 0.3 is 6.03 Å². The summed E-state index contributed by atoms with van der Waals surface area (Å²) in [6.07, 6.45) is 2.63. The first-order chi connectivity index (χ1) is 13.0. The smallest absolute Gasteiger partial charge is 0.319 e. The molecule has 7 heteroatoms. The molecule has 0 saturated heterocycles. The number of anilines is 1. The minimum atomic E-state index is -0.193. The van der Waals surface area contributed by atoms with Crippen molar-refractivity contribution in [1.82, 2.24) is 15.5 Å². The van der Waals surface area contributed by atoms with E-state index in [1.807, 2.05) is 45.2 Å². The molecule has 0 aliphatic heterocycles. The lowest BCUT2D eigenvalue weighted by atomic mass is 10.2. The number of guanidine groups is 1.